The van der Waals surface area contributed by atoms with Crippen LogP contribution in [0.5, 0.6) is 5.75 Å². The smallest absolute Gasteiger partial charge is 0.266 e. The summed E-state index contributed by atoms with van der Waals surface area (Å²) in [5.74, 6) is -0.848. The van der Waals surface area contributed by atoms with Gasteiger partial charge in [-0.3, -0.25) is 0 Å². The highest BCUT2D eigenvalue weighted by Gasteiger charge is 2.31. The summed E-state index contributed by atoms with van der Waals surface area (Å²) in [6.45, 7) is 0. The fourth-order valence-corrected chi connectivity index (χ4v) is 5.55. The lowest BCUT2D eigenvalue weighted by atomic mass is 10.1. The first-order valence-electron chi connectivity index (χ1n) is 4.98. The maximum Gasteiger partial charge on any atom is 0.266 e. The lowest BCUT2D eigenvalue weighted by Gasteiger charge is -2.13. The number of hydrogen-bond donors (Lipinski definition) is 1. The lowest BCUT2D eigenvalue weighted by Crippen LogP contribution is -2.01. The number of hydrogen-bond acceptors (Lipinski definition) is 5. The van der Waals surface area contributed by atoms with Gasteiger partial charge in [-0.1, -0.05) is 35.3 Å². The molecule has 0 aromatic heterocycles. The third-order valence-electron chi connectivity index (χ3n) is 2.60. The van der Waals surface area contributed by atoms with Gasteiger partial charge in [0, 0.05) is 32.1 Å². The second-order valence-electron chi connectivity index (χ2n) is 3.86. The van der Waals surface area contributed by atoms with Crippen molar-refractivity contribution >= 4 is 73.4 Å². The molecule has 0 aliphatic heterocycles. The topological polar surface area (TPSA) is 88.5 Å². The van der Waals surface area contributed by atoms with Crippen LogP contribution in [0.15, 0.2) is 28.0 Å². The van der Waals surface area contributed by atoms with Crippen LogP contribution in [0.1, 0.15) is 0 Å². The van der Waals surface area contributed by atoms with Gasteiger partial charge in [-0.05, 0) is 6.07 Å². The molecule has 2 aromatic carbocycles. The van der Waals surface area contributed by atoms with Crippen molar-refractivity contribution in [3.8, 4) is 5.75 Å². The lowest BCUT2D eigenvalue weighted by molar-refractivity contribution is 0.466. The zero-order valence-corrected chi connectivity index (χ0v) is 14.3. The monoisotopic (exact) mass is 408 g/mol. The van der Waals surface area contributed by atoms with Crippen molar-refractivity contribution in [2.45, 2.75) is 9.79 Å². The molecule has 0 aliphatic carbocycles. The number of benzene rings is 2. The van der Waals surface area contributed by atoms with E-state index in [1.54, 1.807) is 0 Å². The summed E-state index contributed by atoms with van der Waals surface area (Å²) in [4.78, 5) is -1.66. The molecule has 0 fully saturated rings. The fourth-order valence-electron chi connectivity index (χ4n) is 1.85. The molecule has 0 atom stereocenters. The van der Waals surface area contributed by atoms with Crippen molar-refractivity contribution in [2.75, 3.05) is 0 Å². The maximum absolute atomic E-state index is 11.7. The minimum atomic E-state index is -4.55. The SMILES string of the molecule is O=S(=O)(Cl)c1c(Cl)c(S(=O)(=O)Cl)c2cccc(Cl)c2c1O. The van der Waals surface area contributed by atoms with Gasteiger partial charge in [-0.15, -0.1) is 0 Å². The number of phenols is 1. The highest BCUT2D eigenvalue weighted by atomic mass is 35.7. The number of rotatable bonds is 2. The summed E-state index contributed by atoms with van der Waals surface area (Å²) < 4.78 is 46.5. The van der Waals surface area contributed by atoms with Crippen LogP contribution in [-0.4, -0.2) is 21.9 Å². The molecule has 0 radical (unpaired) electrons. The normalized spacial score (nSPS) is 12.8. The Kier molecular flexibility index (Phi) is 4.29. The Balaban J connectivity index is 3.29. The van der Waals surface area contributed by atoms with E-state index >= 15 is 0 Å². The highest BCUT2D eigenvalue weighted by Crippen LogP contribution is 2.47. The molecule has 5 nitrogen and oxygen atoms in total. The third kappa shape index (κ3) is 2.91. The molecule has 0 bridgehead atoms. The van der Waals surface area contributed by atoms with Crippen molar-refractivity contribution in [3.63, 3.8) is 0 Å². The predicted octanol–water partition coefficient (Wildman–Crippen LogP) is 3.71. The van der Waals surface area contributed by atoms with Crippen LogP contribution in [0, 0.1) is 0 Å². The van der Waals surface area contributed by atoms with Crippen molar-refractivity contribution in [1.82, 2.24) is 0 Å². The molecule has 0 heterocycles. The summed E-state index contributed by atoms with van der Waals surface area (Å²) in [6, 6.07) is 3.99. The van der Waals surface area contributed by atoms with Crippen molar-refractivity contribution in [1.29, 1.82) is 0 Å². The quantitative estimate of drug-likeness (QED) is 0.763. The first kappa shape index (κ1) is 16.9. The van der Waals surface area contributed by atoms with E-state index in [-0.39, 0.29) is 15.8 Å². The van der Waals surface area contributed by atoms with E-state index in [0.717, 1.165) is 0 Å². The van der Waals surface area contributed by atoms with E-state index in [4.69, 9.17) is 44.6 Å². The third-order valence-corrected chi connectivity index (χ3v) is 6.24. The predicted molar refractivity (Wildman–Crippen MR) is 81.7 cm³/mol. The molecule has 21 heavy (non-hydrogen) atoms. The van der Waals surface area contributed by atoms with Crippen LogP contribution < -0.4 is 0 Å². The summed E-state index contributed by atoms with van der Waals surface area (Å²) in [5, 5.41) is 8.82. The van der Waals surface area contributed by atoms with E-state index in [9.17, 15) is 21.9 Å². The molecule has 0 saturated heterocycles. The first-order chi connectivity index (χ1) is 9.46. The standard InChI is InChI=1S/C10H4Cl4O5S2/c11-5-3-1-2-4-6(5)8(15)10(21(14,18)19)7(12)9(4)20(13,16)17/h1-3,15H. The molecular formula is C10H4Cl4O5S2. The molecule has 0 unspecified atom stereocenters. The van der Waals surface area contributed by atoms with Gasteiger partial charge in [0.2, 0.25) is 0 Å². The number of phenolic OH excluding ortho intramolecular Hbond substituents is 1. The van der Waals surface area contributed by atoms with Gasteiger partial charge in [0.25, 0.3) is 18.1 Å². The van der Waals surface area contributed by atoms with Crippen LogP contribution in [0.2, 0.25) is 10.0 Å². The van der Waals surface area contributed by atoms with Gasteiger partial charge in [-0.25, -0.2) is 16.8 Å². The zero-order chi connectivity index (χ0) is 16.2. The maximum atomic E-state index is 11.7. The average molecular weight is 410 g/mol. The van der Waals surface area contributed by atoms with Gasteiger partial charge in [0.15, 0.2) is 0 Å². The first-order valence-corrected chi connectivity index (χ1v) is 10.4. The molecule has 0 saturated carbocycles. The number of fused-ring (bicyclic) bond motifs is 1. The summed E-state index contributed by atoms with van der Waals surface area (Å²) >= 11 is 11.7. The summed E-state index contributed by atoms with van der Waals surface area (Å²) in [7, 11) is 1.51. The van der Waals surface area contributed by atoms with Gasteiger partial charge in [0.05, 0.1) is 10.0 Å². The Hall–Kier alpha value is -0.440. The Morgan fingerprint density at radius 3 is 1.90 bits per heavy atom. The van der Waals surface area contributed by atoms with Crippen LogP contribution in [0.3, 0.4) is 0 Å². The fraction of sp³-hybridized carbons (Fsp3) is 0. The molecule has 114 valence electrons. The Morgan fingerprint density at radius 2 is 1.43 bits per heavy atom. The van der Waals surface area contributed by atoms with E-state index in [1.165, 1.54) is 18.2 Å². The van der Waals surface area contributed by atoms with Crippen LogP contribution in [-0.2, 0) is 18.1 Å². The van der Waals surface area contributed by atoms with Gasteiger partial charge >= 0.3 is 0 Å². The van der Waals surface area contributed by atoms with Crippen LogP contribution in [0.25, 0.3) is 10.8 Å². The minimum absolute atomic E-state index is 0.0928. The van der Waals surface area contributed by atoms with E-state index in [1.807, 2.05) is 0 Å². The van der Waals surface area contributed by atoms with Gasteiger partial charge in [0.1, 0.15) is 15.5 Å². The molecular weight excluding hydrogens is 406 g/mol. The van der Waals surface area contributed by atoms with Gasteiger partial charge in [-0.2, -0.15) is 0 Å². The molecule has 2 rings (SSSR count). The number of aromatic hydroxyl groups is 1. The molecule has 11 heteroatoms. The average Bonchev–Trinajstić information content (AvgIpc) is 2.24. The van der Waals surface area contributed by atoms with Crippen LogP contribution >= 0.6 is 44.6 Å². The summed E-state index contributed by atoms with van der Waals surface area (Å²) in [6.07, 6.45) is 0. The molecule has 1 N–H and O–H groups in total. The van der Waals surface area contributed by atoms with Crippen molar-refractivity contribution in [2.24, 2.45) is 0 Å². The van der Waals surface area contributed by atoms with Gasteiger partial charge < -0.3 is 5.11 Å². The zero-order valence-electron chi connectivity index (χ0n) is 9.64. The van der Waals surface area contributed by atoms with Crippen molar-refractivity contribution < 1.29 is 21.9 Å². The van der Waals surface area contributed by atoms with E-state index in [2.05, 4.69) is 0 Å². The Bertz CT molecular complexity index is 967. The Morgan fingerprint density at radius 1 is 0.905 bits per heavy atom. The molecule has 0 spiro atoms. The molecule has 2 aromatic rings. The largest absolute Gasteiger partial charge is 0.506 e. The van der Waals surface area contributed by atoms with E-state index in [0.29, 0.717) is 0 Å². The second-order valence-corrected chi connectivity index (χ2v) is 9.65. The van der Waals surface area contributed by atoms with Crippen molar-refractivity contribution in [3.05, 3.63) is 28.2 Å². The van der Waals surface area contributed by atoms with Crippen LogP contribution in [0.4, 0.5) is 0 Å². The number of halogens is 4. The summed E-state index contributed by atoms with van der Waals surface area (Å²) in [5.41, 5.74) is 0. The molecule has 0 amide bonds. The highest BCUT2D eigenvalue weighted by molar-refractivity contribution is 8.14. The Labute approximate surface area is 138 Å². The second kappa shape index (κ2) is 5.33. The minimum Gasteiger partial charge on any atom is -0.506 e. The van der Waals surface area contributed by atoms with E-state index < -0.39 is 38.7 Å². The molecule has 0 aliphatic rings.